The molecule has 0 aromatic carbocycles. The van der Waals surface area contributed by atoms with E-state index in [1.54, 1.807) is 0 Å². The van der Waals surface area contributed by atoms with Crippen LogP contribution in [-0.4, -0.2) is 39.6 Å². The van der Waals surface area contributed by atoms with Gasteiger partial charge in [0.15, 0.2) is 0 Å². The molecule has 0 aliphatic carbocycles. The average Bonchev–Trinajstić information content (AvgIpc) is 2.27. The van der Waals surface area contributed by atoms with Gasteiger partial charge in [-0.25, -0.2) is 0 Å². The second-order valence-electron chi connectivity index (χ2n) is 6.57. The summed E-state index contributed by atoms with van der Waals surface area (Å²) in [6.07, 6.45) is 0.307. The molecule has 120 valence electrons. The summed E-state index contributed by atoms with van der Waals surface area (Å²) < 4.78 is 8.32. The first-order valence-electron chi connectivity index (χ1n) is 7.60. The van der Waals surface area contributed by atoms with Gasteiger partial charge in [0, 0.05) is 0 Å². The van der Waals surface area contributed by atoms with Gasteiger partial charge in [-0.15, -0.1) is 0 Å². The molecule has 0 radical (unpaired) electrons. The van der Waals surface area contributed by atoms with Crippen molar-refractivity contribution in [3.05, 3.63) is 0 Å². The summed E-state index contributed by atoms with van der Waals surface area (Å²) in [5, 5.41) is 8.77. The maximum atomic E-state index is 11.9. The van der Waals surface area contributed by atoms with E-state index in [-0.39, 0.29) is 30.0 Å². The van der Waals surface area contributed by atoms with E-state index in [9.17, 15) is 4.89 Å². The number of nitriles is 1. The van der Waals surface area contributed by atoms with Crippen LogP contribution in [0.2, 0.25) is 0 Å². The Morgan fingerprint density at radius 3 is 1.65 bits per heavy atom. The summed E-state index contributed by atoms with van der Waals surface area (Å²) in [6.45, 7) is 16.8. The second kappa shape index (κ2) is 7.18. The Kier molecular flexibility index (Phi) is 7.11. The van der Waals surface area contributed by atoms with Crippen LogP contribution in [0, 0.1) is 11.3 Å². The molecule has 0 aromatic rings. The SMILES string of the molecule is CC(C)N(C(C)C)P(O)(OCCC#N)(C(C)C)C(C)C. The van der Waals surface area contributed by atoms with Crippen molar-refractivity contribution in [2.45, 2.75) is 85.2 Å². The topological polar surface area (TPSA) is 56.5 Å². The fourth-order valence-corrected chi connectivity index (χ4v) is 8.61. The molecule has 0 aromatic heterocycles. The number of hydrogen-bond acceptors (Lipinski definition) is 4. The molecule has 1 N–H and O–H groups in total. The summed E-state index contributed by atoms with van der Waals surface area (Å²) in [5.74, 6) is 0. The Bertz CT molecular complexity index is 332. The van der Waals surface area contributed by atoms with Gasteiger partial charge in [0.25, 0.3) is 0 Å². The molecule has 0 amide bonds. The Hall–Kier alpha value is -0.200. The molecule has 20 heavy (non-hydrogen) atoms. The van der Waals surface area contributed by atoms with Crippen LogP contribution in [0.4, 0.5) is 0 Å². The zero-order valence-electron chi connectivity index (χ0n) is 14.4. The maximum absolute atomic E-state index is 11.9. The standard InChI is InChI=1S/C15H33N2O2P/c1-12(2)17(13(3)4)20(18,14(5)6,15(7)8)19-11-9-10-16/h12-15,18H,9,11H2,1-8H3. The average molecular weight is 304 g/mol. The van der Waals surface area contributed by atoms with E-state index in [1.165, 1.54) is 0 Å². The van der Waals surface area contributed by atoms with Gasteiger partial charge in [0.05, 0.1) is 0 Å². The predicted molar refractivity (Wildman–Crippen MR) is 87.7 cm³/mol. The van der Waals surface area contributed by atoms with E-state index < -0.39 is 7.21 Å². The third kappa shape index (κ3) is 3.34. The van der Waals surface area contributed by atoms with Gasteiger partial charge >= 0.3 is 124 Å². The zero-order chi connectivity index (χ0) is 16.2. The van der Waals surface area contributed by atoms with Crippen LogP contribution >= 0.6 is 7.21 Å². The molecule has 0 aliphatic rings. The molecule has 0 saturated heterocycles. The van der Waals surface area contributed by atoms with Gasteiger partial charge in [-0.3, -0.25) is 0 Å². The molecular formula is C15H33N2O2P. The van der Waals surface area contributed by atoms with Crippen molar-refractivity contribution in [2.75, 3.05) is 6.61 Å². The van der Waals surface area contributed by atoms with Crippen molar-refractivity contribution in [3.8, 4) is 6.07 Å². The third-order valence-electron chi connectivity index (χ3n) is 4.03. The molecule has 0 rings (SSSR count). The predicted octanol–water partition coefficient (Wildman–Crippen LogP) is 4.14. The van der Waals surface area contributed by atoms with Crippen molar-refractivity contribution < 1.29 is 9.42 Å². The van der Waals surface area contributed by atoms with Gasteiger partial charge in [-0.05, 0) is 0 Å². The van der Waals surface area contributed by atoms with Crippen LogP contribution in [0.1, 0.15) is 61.8 Å². The molecule has 0 heterocycles. The minimum absolute atomic E-state index is 0.00416. The third-order valence-corrected chi connectivity index (χ3v) is 10.5. The van der Waals surface area contributed by atoms with Crippen LogP contribution in [0.25, 0.3) is 0 Å². The van der Waals surface area contributed by atoms with Crippen molar-refractivity contribution in [3.63, 3.8) is 0 Å². The normalized spacial score (nSPS) is 15.2. The summed E-state index contributed by atoms with van der Waals surface area (Å²) in [5.41, 5.74) is 0.00832. The molecule has 0 saturated carbocycles. The molecule has 4 nitrogen and oxygen atoms in total. The van der Waals surface area contributed by atoms with E-state index in [0.29, 0.717) is 6.42 Å². The Balaban J connectivity index is 5.93. The van der Waals surface area contributed by atoms with E-state index in [0.717, 1.165) is 0 Å². The van der Waals surface area contributed by atoms with Crippen LogP contribution in [0.5, 0.6) is 0 Å². The summed E-state index contributed by atoms with van der Waals surface area (Å²) in [6, 6.07) is 2.47. The van der Waals surface area contributed by atoms with Crippen molar-refractivity contribution in [1.29, 1.82) is 5.26 Å². The molecule has 0 unspecified atom stereocenters. The van der Waals surface area contributed by atoms with Crippen LogP contribution in [0.3, 0.4) is 0 Å². The molecule has 0 fully saturated rings. The Morgan fingerprint density at radius 2 is 1.40 bits per heavy atom. The Morgan fingerprint density at radius 1 is 1.00 bits per heavy atom. The van der Waals surface area contributed by atoms with Crippen LogP contribution in [-0.2, 0) is 4.52 Å². The van der Waals surface area contributed by atoms with Crippen molar-refractivity contribution >= 4 is 7.21 Å². The van der Waals surface area contributed by atoms with Crippen LogP contribution in [0.15, 0.2) is 0 Å². The van der Waals surface area contributed by atoms with Gasteiger partial charge in [-0.2, -0.15) is 0 Å². The van der Waals surface area contributed by atoms with Gasteiger partial charge in [0.1, 0.15) is 0 Å². The fraction of sp³-hybridized carbons (Fsp3) is 0.933. The van der Waals surface area contributed by atoms with Gasteiger partial charge < -0.3 is 0 Å². The molecule has 0 aliphatic heterocycles. The van der Waals surface area contributed by atoms with E-state index in [2.05, 4.69) is 38.4 Å². The number of hydrogen-bond donors (Lipinski definition) is 1. The molecule has 0 atom stereocenters. The fourth-order valence-electron chi connectivity index (χ4n) is 3.30. The minimum atomic E-state index is -3.56. The summed E-state index contributed by atoms with van der Waals surface area (Å²) >= 11 is 0. The van der Waals surface area contributed by atoms with Crippen molar-refractivity contribution in [1.82, 2.24) is 4.67 Å². The zero-order valence-corrected chi connectivity index (χ0v) is 15.3. The first-order valence-corrected chi connectivity index (χ1v) is 9.80. The first kappa shape index (κ1) is 19.8. The van der Waals surface area contributed by atoms with E-state index in [4.69, 9.17) is 9.79 Å². The quantitative estimate of drug-likeness (QED) is 0.541. The Labute approximate surface area is 125 Å². The number of rotatable bonds is 8. The molecule has 0 bridgehead atoms. The van der Waals surface area contributed by atoms with Gasteiger partial charge in [-0.1, -0.05) is 0 Å². The second-order valence-corrected chi connectivity index (χ2v) is 11.5. The van der Waals surface area contributed by atoms with Crippen molar-refractivity contribution in [2.24, 2.45) is 0 Å². The molecule has 5 heteroatoms. The summed E-state index contributed by atoms with van der Waals surface area (Å²) in [7, 11) is -3.56. The molecular weight excluding hydrogens is 271 g/mol. The molecule has 0 spiro atoms. The number of nitrogens with zero attached hydrogens (tertiary/aromatic N) is 2. The summed E-state index contributed by atoms with van der Waals surface area (Å²) in [4.78, 5) is 11.9. The van der Waals surface area contributed by atoms with E-state index in [1.807, 2.05) is 27.7 Å². The monoisotopic (exact) mass is 304 g/mol. The van der Waals surface area contributed by atoms with E-state index >= 15 is 0 Å². The van der Waals surface area contributed by atoms with Crippen LogP contribution < -0.4 is 0 Å². The van der Waals surface area contributed by atoms with Gasteiger partial charge in [0.2, 0.25) is 0 Å². The first-order chi connectivity index (χ1) is 9.03.